The standard InChI is InChI=1S/C15H10Cl3NO3/c1-19-12-6-11(18)9(5-13(12)22-15(19)21)14(20)8-3-2-7(16)4-10(8)17/h2-6,14,20H,1H3. The Morgan fingerprint density at radius 2 is 1.77 bits per heavy atom. The van der Waals surface area contributed by atoms with Crippen LogP contribution in [0.4, 0.5) is 0 Å². The molecular formula is C15H10Cl3NO3. The molecular weight excluding hydrogens is 349 g/mol. The second-order valence-electron chi connectivity index (χ2n) is 4.84. The van der Waals surface area contributed by atoms with Gasteiger partial charge in [0.1, 0.15) is 6.10 Å². The minimum Gasteiger partial charge on any atom is -0.408 e. The first-order chi connectivity index (χ1) is 10.4. The van der Waals surface area contributed by atoms with E-state index in [1.54, 1.807) is 25.2 Å². The van der Waals surface area contributed by atoms with Crippen molar-refractivity contribution in [2.24, 2.45) is 7.05 Å². The predicted molar refractivity (Wildman–Crippen MR) is 87.0 cm³/mol. The van der Waals surface area contributed by atoms with Crippen LogP contribution in [0.2, 0.25) is 15.1 Å². The van der Waals surface area contributed by atoms with Crippen molar-refractivity contribution in [1.29, 1.82) is 0 Å². The summed E-state index contributed by atoms with van der Waals surface area (Å²) in [6.45, 7) is 0. The zero-order valence-corrected chi connectivity index (χ0v) is 13.6. The van der Waals surface area contributed by atoms with Gasteiger partial charge in [0, 0.05) is 33.2 Å². The van der Waals surface area contributed by atoms with Crippen LogP contribution < -0.4 is 5.76 Å². The molecule has 114 valence electrons. The molecule has 3 aromatic rings. The first-order valence-electron chi connectivity index (χ1n) is 6.30. The third-order valence-corrected chi connectivity index (χ3v) is 4.35. The van der Waals surface area contributed by atoms with Crippen LogP contribution in [0.3, 0.4) is 0 Å². The highest BCUT2D eigenvalue weighted by Crippen LogP contribution is 2.35. The maximum Gasteiger partial charge on any atom is 0.419 e. The second-order valence-corrected chi connectivity index (χ2v) is 6.09. The quantitative estimate of drug-likeness (QED) is 0.748. The first kappa shape index (κ1) is 15.4. The molecule has 0 aliphatic heterocycles. The maximum absolute atomic E-state index is 11.5. The Hall–Kier alpha value is -1.46. The highest BCUT2D eigenvalue weighted by atomic mass is 35.5. The van der Waals surface area contributed by atoms with E-state index in [9.17, 15) is 9.90 Å². The zero-order chi connectivity index (χ0) is 16.0. The third kappa shape index (κ3) is 2.52. The van der Waals surface area contributed by atoms with E-state index < -0.39 is 11.9 Å². The van der Waals surface area contributed by atoms with Crippen molar-refractivity contribution in [3.8, 4) is 0 Å². The summed E-state index contributed by atoms with van der Waals surface area (Å²) in [6, 6.07) is 7.90. The molecule has 1 N–H and O–H groups in total. The summed E-state index contributed by atoms with van der Waals surface area (Å²) >= 11 is 18.2. The lowest BCUT2D eigenvalue weighted by Gasteiger charge is -2.15. The number of fused-ring (bicyclic) bond motifs is 1. The Labute approximate surface area is 140 Å². The lowest BCUT2D eigenvalue weighted by Crippen LogP contribution is -2.08. The number of nitrogens with zero attached hydrogens (tertiary/aromatic N) is 1. The van der Waals surface area contributed by atoms with Gasteiger partial charge in [-0.15, -0.1) is 0 Å². The number of hydrogen-bond acceptors (Lipinski definition) is 3. The van der Waals surface area contributed by atoms with Gasteiger partial charge in [-0.2, -0.15) is 0 Å². The van der Waals surface area contributed by atoms with Gasteiger partial charge in [0.2, 0.25) is 0 Å². The van der Waals surface area contributed by atoms with Crippen molar-refractivity contribution < 1.29 is 9.52 Å². The number of oxazole rings is 1. The van der Waals surface area contributed by atoms with Gasteiger partial charge in [-0.25, -0.2) is 4.79 Å². The number of aliphatic hydroxyl groups is 1. The van der Waals surface area contributed by atoms with Crippen LogP contribution in [0.25, 0.3) is 11.1 Å². The monoisotopic (exact) mass is 357 g/mol. The van der Waals surface area contributed by atoms with Gasteiger partial charge in [0.15, 0.2) is 5.58 Å². The summed E-state index contributed by atoms with van der Waals surface area (Å²) < 4.78 is 6.45. The third-order valence-electron chi connectivity index (χ3n) is 3.46. The molecule has 2 aromatic carbocycles. The van der Waals surface area contributed by atoms with E-state index in [-0.39, 0.29) is 0 Å². The second kappa shape index (κ2) is 5.63. The lowest BCUT2D eigenvalue weighted by molar-refractivity contribution is 0.220. The van der Waals surface area contributed by atoms with Crippen molar-refractivity contribution >= 4 is 45.9 Å². The Morgan fingerprint density at radius 1 is 1.09 bits per heavy atom. The average Bonchev–Trinajstić information content (AvgIpc) is 2.73. The molecule has 0 aliphatic rings. The van der Waals surface area contributed by atoms with Gasteiger partial charge in [-0.1, -0.05) is 40.9 Å². The maximum atomic E-state index is 11.5. The fourth-order valence-electron chi connectivity index (χ4n) is 2.26. The van der Waals surface area contributed by atoms with Crippen LogP contribution >= 0.6 is 34.8 Å². The number of rotatable bonds is 2. The number of hydrogen-bond donors (Lipinski definition) is 1. The minimum atomic E-state index is -1.06. The Bertz CT molecular complexity index is 930. The fraction of sp³-hybridized carbons (Fsp3) is 0.133. The van der Waals surface area contributed by atoms with Crippen molar-refractivity contribution in [2.45, 2.75) is 6.10 Å². The van der Waals surface area contributed by atoms with Gasteiger partial charge in [0.05, 0.1) is 5.52 Å². The van der Waals surface area contributed by atoms with Crippen LogP contribution in [0.15, 0.2) is 39.5 Å². The molecule has 1 heterocycles. The number of aryl methyl sites for hydroxylation is 1. The van der Waals surface area contributed by atoms with E-state index in [0.29, 0.717) is 37.3 Å². The molecule has 0 saturated heterocycles. The van der Waals surface area contributed by atoms with Crippen molar-refractivity contribution in [1.82, 2.24) is 4.57 Å². The summed E-state index contributed by atoms with van der Waals surface area (Å²) in [7, 11) is 1.58. The molecule has 0 amide bonds. The normalized spacial score (nSPS) is 12.8. The summed E-state index contributed by atoms with van der Waals surface area (Å²) in [5, 5.41) is 11.6. The average molecular weight is 359 g/mol. The summed E-state index contributed by atoms with van der Waals surface area (Å²) in [5.74, 6) is -0.498. The first-order valence-corrected chi connectivity index (χ1v) is 7.44. The topological polar surface area (TPSA) is 55.4 Å². The molecule has 3 rings (SSSR count). The predicted octanol–water partition coefficient (Wildman–Crippen LogP) is 4.17. The van der Waals surface area contributed by atoms with Gasteiger partial charge in [-0.3, -0.25) is 4.57 Å². The van der Waals surface area contributed by atoms with E-state index in [4.69, 9.17) is 39.2 Å². The molecule has 22 heavy (non-hydrogen) atoms. The fourth-order valence-corrected chi connectivity index (χ4v) is 3.04. The van der Waals surface area contributed by atoms with E-state index in [1.165, 1.54) is 16.7 Å². The van der Waals surface area contributed by atoms with Gasteiger partial charge >= 0.3 is 5.76 Å². The van der Waals surface area contributed by atoms with E-state index in [1.807, 2.05) is 0 Å². The van der Waals surface area contributed by atoms with Gasteiger partial charge < -0.3 is 9.52 Å². The number of aliphatic hydroxyl groups excluding tert-OH is 1. The van der Waals surface area contributed by atoms with Crippen LogP contribution in [0, 0.1) is 0 Å². The van der Waals surface area contributed by atoms with E-state index in [0.717, 1.165) is 0 Å². The molecule has 0 radical (unpaired) electrons. The molecule has 0 spiro atoms. The molecule has 4 nitrogen and oxygen atoms in total. The minimum absolute atomic E-state index is 0.308. The number of aromatic nitrogens is 1. The van der Waals surface area contributed by atoms with Crippen molar-refractivity contribution in [3.63, 3.8) is 0 Å². The molecule has 7 heteroatoms. The smallest absolute Gasteiger partial charge is 0.408 e. The van der Waals surface area contributed by atoms with Crippen LogP contribution in [-0.4, -0.2) is 9.67 Å². The number of benzene rings is 2. The van der Waals surface area contributed by atoms with Gasteiger partial charge in [-0.05, 0) is 24.3 Å². The van der Waals surface area contributed by atoms with Crippen LogP contribution in [-0.2, 0) is 7.05 Å². The summed E-state index contributed by atoms with van der Waals surface area (Å²) in [4.78, 5) is 11.5. The SMILES string of the molecule is Cn1c(=O)oc2cc(C(O)c3ccc(Cl)cc3Cl)c(Cl)cc21. The molecule has 0 aliphatic carbocycles. The largest absolute Gasteiger partial charge is 0.419 e. The van der Waals surface area contributed by atoms with Gasteiger partial charge in [0.25, 0.3) is 0 Å². The van der Waals surface area contributed by atoms with Crippen LogP contribution in [0.1, 0.15) is 17.2 Å². The summed E-state index contributed by atoms with van der Waals surface area (Å²) in [6.07, 6.45) is -1.06. The van der Waals surface area contributed by atoms with Crippen LogP contribution in [0.5, 0.6) is 0 Å². The Morgan fingerprint density at radius 3 is 2.45 bits per heavy atom. The lowest BCUT2D eigenvalue weighted by atomic mass is 10.0. The van der Waals surface area contributed by atoms with Crippen molar-refractivity contribution in [2.75, 3.05) is 0 Å². The highest BCUT2D eigenvalue weighted by Gasteiger charge is 2.20. The zero-order valence-electron chi connectivity index (χ0n) is 11.3. The number of halogens is 3. The van der Waals surface area contributed by atoms with E-state index >= 15 is 0 Å². The molecule has 1 unspecified atom stereocenters. The highest BCUT2D eigenvalue weighted by molar-refractivity contribution is 6.35. The Balaban J connectivity index is 2.16. The molecule has 1 atom stereocenters. The molecule has 1 aromatic heterocycles. The molecule has 0 bridgehead atoms. The van der Waals surface area contributed by atoms with E-state index in [2.05, 4.69) is 0 Å². The molecule has 0 fully saturated rings. The summed E-state index contributed by atoms with van der Waals surface area (Å²) in [5.41, 5.74) is 1.75. The van der Waals surface area contributed by atoms with Crippen molar-refractivity contribution in [3.05, 3.63) is 67.1 Å². The molecule has 0 saturated carbocycles. The Kier molecular flexibility index (Phi) is 3.95.